The fraction of sp³-hybridized carbons (Fsp3) is 0.571. The van der Waals surface area contributed by atoms with Crippen molar-refractivity contribution in [1.29, 1.82) is 0 Å². The van der Waals surface area contributed by atoms with Gasteiger partial charge in [-0.15, -0.1) is 11.6 Å². The lowest BCUT2D eigenvalue weighted by Gasteiger charge is -2.27. The van der Waals surface area contributed by atoms with Crippen molar-refractivity contribution in [3.63, 3.8) is 0 Å². The molecule has 1 rings (SSSR count). The van der Waals surface area contributed by atoms with E-state index in [4.69, 9.17) is 23.2 Å². The summed E-state index contributed by atoms with van der Waals surface area (Å²) in [5.41, 5.74) is 2.17. The van der Waals surface area contributed by atoms with Crippen LogP contribution >= 0.6 is 23.2 Å². The molecule has 1 aromatic rings. The summed E-state index contributed by atoms with van der Waals surface area (Å²) in [5.74, 6) is 0.505. The Balaban J connectivity index is 2.84. The molecule has 0 atom stereocenters. The number of rotatable bonds is 7. The Labute approximate surface area is 120 Å². The standard InChI is InChI=1S/C14H22Cl2N2/c1-4-7-18(9-8-17(2)3)14-6-5-12(11-15)10-13(14)16/h5-6,10H,4,7-9,11H2,1-3H3. The summed E-state index contributed by atoms with van der Waals surface area (Å²) in [6, 6.07) is 6.08. The van der Waals surface area contributed by atoms with Gasteiger partial charge in [-0.2, -0.15) is 0 Å². The molecule has 0 unspecified atom stereocenters. The van der Waals surface area contributed by atoms with Gasteiger partial charge in [0.1, 0.15) is 0 Å². The normalized spacial score (nSPS) is 11.0. The van der Waals surface area contributed by atoms with Crippen LogP contribution in [0, 0.1) is 0 Å². The number of hydrogen-bond acceptors (Lipinski definition) is 2. The second-order valence-corrected chi connectivity index (χ2v) is 5.38. The van der Waals surface area contributed by atoms with Gasteiger partial charge in [-0.25, -0.2) is 0 Å². The van der Waals surface area contributed by atoms with Gasteiger partial charge in [-0.3, -0.25) is 0 Å². The van der Waals surface area contributed by atoms with Gasteiger partial charge in [-0.1, -0.05) is 24.6 Å². The lowest BCUT2D eigenvalue weighted by Crippen LogP contribution is -2.32. The highest BCUT2D eigenvalue weighted by atomic mass is 35.5. The molecule has 0 radical (unpaired) electrons. The first kappa shape index (κ1) is 15.6. The molecule has 0 aliphatic carbocycles. The third-order valence-electron chi connectivity index (χ3n) is 2.82. The molecule has 0 bridgehead atoms. The van der Waals surface area contributed by atoms with Gasteiger partial charge in [0, 0.05) is 25.5 Å². The largest absolute Gasteiger partial charge is 0.369 e. The average molecular weight is 289 g/mol. The maximum atomic E-state index is 6.34. The molecule has 0 spiro atoms. The molecule has 1 aromatic carbocycles. The van der Waals surface area contributed by atoms with Crippen LogP contribution in [0.1, 0.15) is 18.9 Å². The molecular formula is C14H22Cl2N2. The van der Waals surface area contributed by atoms with E-state index in [9.17, 15) is 0 Å². The van der Waals surface area contributed by atoms with Crippen molar-refractivity contribution in [2.45, 2.75) is 19.2 Å². The summed E-state index contributed by atoms with van der Waals surface area (Å²) >= 11 is 12.2. The molecule has 0 N–H and O–H groups in total. The minimum absolute atomic E-state index is 0.505. The van der Waals surface area contributed by atoms with Crippen molar-refractivity contribution in [2.75, 3.05) is 38.6 Å². The number of benzene rings is 1. The average Bonchev–Trinajstić information content (AvgIpc) is 2.34. The van der Waals surface area contributed by atoms with Crippen molar-refractivity contribution in [3.8, 4) is 0 Å². The number of hydrogen-bond donors (Lipinski definition) is 0. The molecule has 0 saturated carbocycles. The minimum atomic E-state index is 0.505. The van der Waals surface area contributed by atoms with Crippen LogP contribution in [0.5, 0.6) is 0 Å². The SMILES string of the molecule is CCCN(CCN(C)C)c1ccc(CCl)cc1Cl. The third-order valence-corrected chi connectivity index (χ3v) is 3.43. The van der Waals surface area contributed by atoms with Gasteiger partial charge in [0.2, 0.25) is 0 Å². The van der Waals surface area contributed by atoms with E-state index in [1.54, 1.807) is 0 Å². The maximum absolute atomic E-state index is 6.34. The summed E-state index contributed by atoms with van der Waals surface area (Å²) in [5, 5.41) is 0.792. The number of anilines is 1. The number of likely N-dealkylation sites (N-methyl/N-ethyl adjacent to an activating group) is 1. The van der Waals surface area contributed by atoms with E-state index in [1.807, 2.05) is 12.1 Å². The Morgan fingerprint density at radius 1 is 1.11 bits per heavy atom. The Morgan fingerprint density at radius 2 is 1.83 bits per heavy atom. The van der Waals surface area contributed by atoms with Gasteiger partial charge < -0.3 is 9.80 Å². The fourth-order valence-corrected chi connectivity index (χ4v) is 2.32. The third kappa shape index (κ3) is 4.68. The summed E-state index contributed by atoms with van der Waals surface area (Å²) < 4.78 is 0. The molecular weight excluding hydrogens is 267 g/mol. The first-order valence-corrected chi connectivity index (χ1v) is 7.23. The van der Waals surface area contributed by atoms with Crippen LogP contribution in [0.2, 0.25) is 5.02 Å². The topological polar surface area (TPSA) is 6.48 Å². The molecule has 2 nitrogen and oxygen atoms in total. The van der Waals surface area contributed by atoms with Crippen molar-refractivity contribution in [3.05, 3.63) is 28.8 Å². The predicted molar refractivity (Wildman–Crippen MR) is 82.1 cm³/mol. The Hall–Kier alpha value is -0.440. The number of halogens is 2. The van der Waals surface area contributed by atoms with Crippen molar-refractivity contribution in [1.82, 2.24) is 4.90 Å². The lowest BCUT2D eigenvalue weighted by atomic mass is 10.2. The highest BCUT2D eigenvalue weighted by Gasteiger charge is 2.10. The van der Waals surface area contributed by atoms with Crippen LogP contribution in [0.3, 0.4) is 0 Å². The van der Waals surface area contributed by atoms with E-state index in [2.05, 4.69) is 36.9 Å². The quantitative estimate of drug-likeness (QED) is 0.703. The predicted octanol–water partition coefficient (Wildman–Crippen LogP) is 3.86. The van der Waals surface area contributed by atoms with Gasteiger partial charge in [0.15, 0.2) is 0 Å². The molecule has 0 fully saturated rings. The van der Waals surface area contributed by atoms with Crippen LogP contribution in [-0.4, -0.2) is 38.6 Å². The van der Waals surface area contributed by atoms with Gasteiger partial charge in [-0.05, 0) is 38.2 Å². The second-order valence-electron chi connectivity index (χ2n) is 4.71. The van der Waals surface area contributed by atoms with Crippen LogP contribution in [0.15, 0.2) is 18.2 Å². The number of alkyl halides is 1. The van der Waals surface area contributed by atoms with E-state index in [0.29, 0.717) is 5.88 Å². The highest BCUT2D eigenvalue weighted by molar-refractivity contribution is 6.33. The molecule has 0 aliphatic rings. The zero-order chi connectivity index (χ0) is 13.5. The summed E-state index contributed by atoms with van der Waals surface area (Å²) in [4.78, 5) is 4.52. The molecule has 0 amide bonds. The molecule has 0 aliphatic heterocycles. The van der Waals surface area contributed by atoms with Crippen LogP contribution in [0.25, 0.3) is 0 Å². The van der Waals surface area contributed by atoms with E-state index in [1.165, 1.54) is 0 Å². The highest BCUT2D eigenvalue weighted by Crippen LogP contribution is 2.27. The Bertz CT molecular complexity index is 367. The zero-order valence-electron chi connectivity index (χ0n) is 11.4. The van der Waals surface area contributed by atoms with Crippen molar-refractivity contribution < 1.29 is 0 Å². The molecule has 0 saturated heterocycles. The molecule has 0 heterocycles. The van der Waals surface area contributed by atoms with Gasteiger partial charge >= 0.3 is 0 Å². The van der Waals surface area contributed by atoms with Crippen LogP contribution in [-0.2, 0) is 5.88 Å². The molecule has 4 heteroatoms. The number of nitrogens with zero attached hydrogens (tertiary/aromatic N) is 2. The maximum Gasteiger partial charge on any atom is 0.0642 e. The smallest absolute Gasteiger partial charge is 0.0642 e. The molecule has 0 aromatic heterocycles. The summed E-state index contributed by atoms with van der Waals surface area (Å²) in [6.45, 7) is 5.21. The van der Waals surface area contributed by atoms with Gasteiger partial charge in [0.05, 0.1) is 10.7 Å². The molecule has 102 valence electrons. The van der Waals surface area contributed by atoms with Crippen molar-refractivity contribution >= 4 is 28.9 Å². The summed E-state index contributed by atoms with van der Waals surface area (Å²) in [6.07, 6.45) is 1.11. The second kappa shape index (κ2) is 7.88. The fourth-order valence-electron chi connectivity index (χ4n) is 1.83. The molecule has 18 heavy (non-hydrogen) atoms. The first-order chi connectivity index (χ1) is 8.58. The van der Waals surface area contributed by atoms with Gasteiger partial charge in [0.25, 0.3) is 0 Å². The zero-order valence-corrected chi connectivity index (χ0v) is 12.9. The van der Waals surface area contributed by atoms with Crippen molar-refractivity contribution in [2.24, 2.45) is 0 Å². The van der Waals surface area contributed by atoms with Crippen LogP contribution in [0.4, 0.5) is 5.69 Å². The van der Waals surface area contributed by atoms with Crippen LogP contribution < -0.4 is 4.90 Å². The lowest BCUT2D eigenvalue weighted by molar-refractivity contribution is 0.413. The van der Waals surface area contributed by atoms with E-state index in [0.717, 1.165) is 42.3 Å². The van der Waals surface area contributed by atoms with E-state index < -0.39 is 0 Å². The van der Waals surface area contributed by atoms with E-state index >= 15 is 0 Å². The van der Waals surface area contributed by atoms with E-state index in [-0.39, 0.29) is 0 Å². The summed E-state index contributed by atoms with van der Waals surface area (Å²) in [7, 11) is 4.17. The monoisotopic (exact) mass is 288 g/mol. The Kier molecular flexibility index (Phi) is 6.83. The minimum Gasteiger partial charge on any atom is -0.369 e. The first-order valence-electron chi connectivity index (χ1n) is 6.32. The Morgan fingerprint density at radius 3 is 2.33 bits per heavy atom.